The molecule has 1 aromatic carbocycles. The number of ether oxygens (including phenoxy) is 1. The van der Waals surface area contributed by atoms with Crippen LogP contribution < -0.4 is 9.64 Å². The van der Waals surface area contributed by atoms with E-state index in [1.807, 2.05) is 42.6 Å². The van der Waals surface area contributed by atoms with Crippen LogP contribution in [0.5, 0.6) is 5.75 Å². The molecule has 1 fully saturated rings. The Bertz CT molecular complexity index is 712. The average molecular weight is 323 g/mol. The van der Waals surface area contributed by atoms with Crippen LogP contribution in [0.4, 0.5) is 5.82 Å². The standard InChI is InChI=1S/C19H21N3O2/c23-17-13-15(24-18-6-2-1-5-16(17)18)14-21-9-11-22(12-10-21)19-7-3-4-8-20-19/h1-8,15H,9-14H2. The van der Waals surface area contributed by atoms with Crippen molar-refractivity contribution >= 4 is 11.6 Å². The van der Waals surface area contributed by atoms with Gasteiger partial charge in [0.25, 0.3) is 0 Å². The highest BCUT2D eigenvalue weighted by Crippen LogP contribution is 2.27. The summed E-state index contributed by atoms with van der Waals surface area (Å²) in [7, 11) is 0. The minimum absolute atomic E-state index is 0.0474. The van der Waals surface area contributed by atoms with E-state index >= 15 is 0 Å². The Morgan fingerprint density at radius 3 is 2.62 bits per heavy atom. The number of anilines is 1. The van der Waals surface area contributed by atoms with E-state index in [1.54, 1.807) is 0 Å². The van der Waals surface area contributed by atoms with Crippen molar-refractivity contribution in [1.82, 2.24) is 9.88 Å². The van der Waals surface area contributed by atoms with Gasteiger partial charge < -0.3 is 9.64 Å². The first kappa shape index (κ1) is 15.1. The fourth-order valence-electron chi connectivity index (χ4n) is 3.43. The maximum absolute atomic E-state index is 12.3. The number of fused-ring (bicyclic) bond motifs is 1. The summed E-state index contributed by atoms with van der Waals surface area (Å²) in [5.74, 6) is 1.95. The summed E-state index contributed by atoms with van der Waals surface area (Å²) in [6.45, 7) is 4.64. The first-order chi connectivity index (χ1) is 11.8. The van der Waals surface area contributed by atoms with Crippen LogP contribution in [-0.2, 0) is 0 Å². The molecule has 0 amide bonds. The summed E-state index contributed by atoms with van der Waals surface area (Å²) in [6, 6.07) is 13.5. The lowest BCUT2D eigenvalue weighted by Crippen LogP contribution is -2.50. The maximum atomic E-state index is 12.3. The van der Waals surface area contributed by atoms with Crippen molar-refractivity contribution in [3.8, 4) is 5.75 Å². The predicted octanol–water partition coefficient (Wildman–Crippen LogP) is 2.24. The quantitative estimate of drug-likeness (QED) is 0.867. The molecule has 1 atom stereocenters. The zero-order valence-electron chi connectivity index (χ0n) is 13.6. The highest BCUT2D eigenvalue weighted by Gasteiger charge is 2.28. The van der Waals surface area contributed by atoms with Gasteiger partial charge in [-0.25, -0.2) is 4.98 Å². The molecule has 4 rings (SSSR count). The molecule has 3 heterocycles. The molecule has 0 bridgehead atoms. The fraction of sp³-hybridized carbons (Fsp3) is 0.368. The van der Waals surface area contributed by atoms with Gasteiger partial charge >= 0.3 is 0 Å². The Morgan fingerprint density at radius 2 is 1.83 bits per heavy atom. The number of nitrogens with zero attached hydrogens (tertiary/aromatic N) is 3. The number of carbonyl (C=O) groups excluding carboxylic acids is 1. The second-order valence-electron chi connectivity index (χ2n) is 6.34. The highest BCUT2D eigenvalue weighted by molar-refractivity contribution is 5.99. The minimum Gasteiger partial charge on any atom is -0.488 e. The molecule has 0 aliphatic carbocycles. The molecule has 1 aromatic heterocycles. The topological polar surface area (TPSA) is 45.7 Å². The Labute approximate surface area is 141 Å². The first-order valence-corrected chi connectivity index (χ1v) is 8.47. The summed E-state index contributed by atoms with van der Waals surface area (Å²) in [5, 5.41) is 0. The van der Waals surface area contributed by atoms with E-state index in [0.29, 0.717) is 12.0 Å². The number of ketones is 1. The Balaban J connectivity index is 1.34. The zero-order valence-corrected chi connectivity index (χ0v) is 13.6. The van der Waals surface area contributed by atoms with Gasteiger partial charge in [0.1, 0.15) is 17.7 Å². The third-order valence-electron chi connectivity index (χ3n) is 4.70. The van der Waals surface area contributed by atoms with Crippen LogP contribution >= 0.6 is 0 Å². The molecule has 0 spiro atoms. The molecule has 5 nitrogen and oxygen atoms in total. The van der Waals surface area contributed by atoms with E-state index in [4.69, 9.17) is 4.74 Å². The first-order valence-electron chi connectivity index (χ1n) is 8.47. The van der Waals surface area contributed by atoms with Gasteiger partial charge in [0.15, 0.2) is 5.78 Å². The number of para-hydroxylation sites is 1. The lowest BCUT2D eigenvalue weighted by molar-refractivity contribution is 0.0756. The van der Waals surface area contributed by atoms with Crippen LogP contribution in [0.25, 0.3) is 0 Å². The Kier molecular flexibility index (Phi) is 4.17. The van der Waals surface area contributed by atoms with Crippen LogP contribution in [0.1, 0.15) is 16.8 Å². The van der Waals surface area contributed by atoms with Gasteiger partial charge in [-0.05, 0) is 24.3 Å². The van der Waals surface area contributed by atoms with Gasteiger partial charge in [0.05, 0.1) is 5.56 Å². The molecule has 24 heavy (non-hydrogen) atoms. The number of hydrogen-bond donors (Lipinski definition) is 0. The molecule has 2 aliphatic heterocycles. The van der Waals surface area contributed by atoms with Crippen LogP contribution in [0.15, 0.2) is 48.7 Å². The number of pyridine rings is 1. The summed E-state index contributed by atoms with van der Waals surface area (Å²) in [4.78, 5) is 21.4. The van der Waals surface area contributed by atoms with Gasteiger partial charge in [0, 0.05) is 45.3 Å². The van der Waals surface area contributed by atoms with E-state index in [-0.39, 0.29) is 11.9 Å². The van der Waals surface area contributed by atoms with Crippen LogP contribution in [0.2, 0.25) is 0 Å². The number of Topliss-reactive ketones (excluding diaryl/α,β-unsaturated/α-hetero) is 1. The lowest BCUT2D eigenvalue weighted by atomic mass is 10.0. The maximum Gasteiger partial charge on any atom is 0.170 e. The molecule has 5 heteroatoms. The third-order valence-corrected chi connectivity index (χ3v) is 4.70. The SMILES string of the molecule is O=C1CC(CN2CCN(c3ccccn3)CC2)Oc2ccccc21. The normalized spacial score (nSPS) is 21.2. The van der Waals surface area contributed by atoms with Crippen molar-refractivity contribution in [2.24, 2.45) is 0 Å². The molecular weight excluding hydrogens is 302 g/mol. The fourth-order valence-corrected chi connectivity index (χ4v) is 3.43. The monoisotopic (exact) mass is 323 g/mol. The lowest BCUT2D eigenvalue weighted by Gasteiger charge is -2.37. The summed E-state index contributed by atoms with van der Waals surface area (Å²) in [6.07, 6.45) is 2.26. The second-order valence-corrected chi connectivity index (χ2v) is 6.34. The van der Waals surface area contributed by atoms with Crippen molar-refractivity contribution in [2.45, 2.75) is 12.5 Å². The predicted molar refractivity (Wildman–Crippen MR) is 92.7 cm³/mol. The third kappa shape index (κ3) is 3.12. The molecule has 0 radical (unpaired) electrons. The van der Waals surface area contributed by atoms with Crippen molar-refractivity contribution < 1.29 is 9.53 Å². The summed E-state index contributed by atoms with van der Waals surface area (Å²) < 4.78 is 6.03. The second kappa shape index (κ2) is 6.61. The van der Waals surface area contributed by atoms with Gasteiger partial charge in [-0.3, -0.25) is 9.69 Å². The number of carbonyl (C=O) groups is 1. The van der Waals surface area contributed by atoms with E-state index in [0.717, 1.165) is 44.3 Å². The number of piperazine rings is 1. The van der Waals surface area contributed by atoms with Crippen molar-refractivity contribution in [3.63, 3.8) is 0 Å². The van der Waals surface area contributed by atoms with Crippen molar-refractivity contribution in [2.75, 3.05) is 37.6 Å². The van der Waals surface area contributed by atoms with Crippen LogP contribution in [-0.4, -0.2) is 54.5 Å². The van der Waals surface area contributed by atoms with Crippen LogP contribution in [0.3, 0.4) is 0 Å². The highest BCUT2D eigenvalue weighted by atomic mass is 16.5. The number of benzene rings is 1. The summed E-state index contributed by atoms with van der Waals surface area (Å²) >= 11 is 0. The smallest absolute Gasteiger partial charge is 0.170 e. The number of aromatic nitrogens is 1. The van der Waals surface area contributed by atoms with E-state index in [2.05, 4.69) is 20.9 Å². The van der Waals surface area contributed by atoms with Gasteiger partial charge in [-0.2, -0.15) is 0 Å². The van der Waals surface area contributed by atoms with Crippen LogP contribution in [0, 0.1) is 0 Å². The summed E-state index contributed by atoms with van der Waals surface area (Å²) in [5.41, 5.74) is 0.716. The molecule has 0 N–H and O–H groups in total. The minimum atomic E-state index is -0.0474. The van der Waals surface area contributed by atoms with Gasteiger partial charge in [-0.1, -0.05) is 18.2 Å². The molecule has 1 saturated heterocycles. The Hall–Kier alpha value is -2.40. The van der Waals surface area contributed by atoms with Crippen molar-refractivity contribution in [3.05, 3.63) is 54.2 Å². The molecule has 1 unspecified atom stereocenters. The molecule has 2 aliphatic rings. The van der Waals surface area contributed by atoms with E-state index in [9.17, 15) is 4.79 Å². The van der Waals surface area contributed by atoms with E-state index < -0.39 is 0 Å². The van der Waals surface area contributed by atoms with Gasteiger partial charge in [0.2, 0.25) is 0 Å². The van der Waals surface area contributed by atoms with Crippen molar-refractivity contribution in [1.29, 1.82) is 0 Å². The van der Waals surface area contributed by atoms with E-state index in [1.165, 1.54) is 0 Å². The molecule has 0 saturated carbocycles. The number of hydrogen-bond acceptors (Lipinski definition) is 5. The molecule has 2 aromatic rings. The largest absolute Gasteiger partial charge is 0.488 e. The zero-order chi connectivity index (χ0) is 16.4. The average Bonchev–Trinajstić information content (AvgIpc) is 2.63. The number of rotatable bonds is 3. The van der Waals surface area contributed by atoms with Gasteiger partial charge in [-0.15, -0.1) is 0 Å². The molecular formula is C19H21N3O2. The Morgan fingerprint density at radius 1 is 1.04 bits per heavy atom. The molecule has 124 valence electrons.